The normalized spacial score (nSPS) is 12.3. The van der Waals surface area contributed by atoms with Crippen molar-refractivity contribution in [2.24, 2.45) is 5.84 Å². The molecular weight excluding hydrogens is 270 g/mol. The first-order valence-electron chi connectivity index (χ1n) is 5.31. The van der Waals surface area contributed by atoms with Crippen molar-refractivity contribution in [3.63, 3.8) is 0 Å². The zero-order valence-corrected chi connectivity index (χ0v) is 11.5. The highest BCUT2D eigenvalue weighted by atomic mass is 79.9. The van der Waals surface area contributed by atoms with E-state index in [9.17, 15) is 0 Å². The number of hydrazine groups is 1. The van der Waals surface area contributed by atoms with Crippen molar-refractivity contribution in [1.82, 2.24) is 9.97 Å². The summed E-state index contributed by atoms with van der Waals surface area (Å²) in [4.78, 5) is 10.4. The zero-order chi connectivity index (χ0) is 12.1. The Balaban J connectivity index is 2.94. The number of anilines is 2. The third kappa shape index (κ3) is 2.82. The Morgan fingerprint density at radius 3 is 2.81 bits per heavy atom. The fraction of sp³-hybridized carbons (Fsp3) is 0.600. The van der Waals surface area contributed by atoms with Gasteiger partial charge >= 0.3 is 0 Å². The molecule has 5 nitrogen and oxygen atoms in total. The quantitative estimate of drug-likeness (QED) is 0.642. The third-order valence-corrected chi connectivity index (χ3v) is 3.34. The molecule has 0 saturated carbocycles. The van der Waals surface area contributed by atoms with Crippen LogP contribution in [0.15, 0.2) is 10.8 Å². The molecule has 3 N–H and O–H groups in total. The summed E-state index contributed by atoms with van der Waals surface area (Å²) in [7, 11) is 2.02. The number of hydrogen-bond acceptors (Lipinski definition) is 5. The lowest BCUT2D eigenvalue weighted by atomic mass is 10.2. The molecule has 0 radical (unpaired) electrons. The number of aromatic nitrogens is 2. The summed E-state index contributed by atoms with van der Waals surface area (Å²) in [6.45, 7) is 4.35. The van der Waals surface area contributed by atoms with E-state index in [1.165, 1.54) is 6.33 Å². The van der Waals surface area contributed by atoms with Crippen molar-refractivity contribution in [3.05, 3.63) is 10.8 Å². The first kappa shape index (κ1) is 13.2. The molecule has 1 unspecified atom stereocenters. The van der Waals surface area contributed by atoms with E-state index in [-0.39, 0.29) is 0 Å². The van der Waals surface area contributed by atoms with Gasteiger partial charge in [0, 0.05) is 13.1 Å². The number of hydrogen-bond donors (Lipinski definition) is 2. The van der Waals surface area contributed by atoms with E-state index < -0.39 is 0 Å². The van der Waals surface area contributed by atoms with E-state index in [0.717, 1.165) is 23.1 Å². The fourth-order valence-corrected chi connectivity index (χ4v) is 2.13. The second-order valence-electron chi connectivity index (χ2n) is 3.75. The van der Waals surface area contributed by atoms with Gasteiger partial charge in [0.05, 0.1) is 0 Å². The molecule has 0 aliphatic rings. The van der Waals surface area contributed by atoms with E-state index in [0.29, 0.717) is 11.9 Å². The van der Waals surface area contributed by atoms with E-state index in [2.05, 4.69) is 50.1 Å². The summed E-state index contributed by atoms with van der Waals surface area (Å²) in [5.41, 5.74) is 2.54. The molecule has 16 heavy (non-hydrogen) atoms. The number of nitrogens with zero attached hydrogens (tertiary/aromatic N) is 3. The van der Waals surface area contributed by atoms with Gasteiger partial charge in [0.2, 0.25) is 0 Å². The zero-order valence-electron chi connectivity index (χ0n) is 9.87. The van der Waals surface area contributed by atoms with E-state index >= 15 is 0 Å². The Labute approximate surface area is 105 Å². The molecule has 0 aromatic carbocycles. The summed E-state index contributed by atoms with van der Waals surface area (Å²) in [6.07, 6.45) is 3.78. The lowest BCUT2D eigenvalue weighted by Gasteiger charge is -2.26. The van der Waals surface area contributed by atoms with Gasteiger partial charge in [-0.3, -0.25) is 0 Å². The minimum Gasteiger partial charge on any atom is -0.356 e. The Morgan fingerprint density at radius 2 is 2.25 bits per heavy atom. The number of rotatable bonds is 5. The lowest BCUT2D eigenvalue weighted by Crippen LogP contribution is -2.30. The van der Waals surface area contributed by atoms with Crippen LogP contribution in [0, 0.1) is 0 Å². The molecule has 0 bridgehead atoms. The molecule has 90 valence electrons. The van der Waals surface area contributed by atoms with Crippen LogP contribution in [0.3, 0.4) is 0 Å². The predicted molar refractivity (Wildman–Crippen MR) is 70.3 cm³/mol. The maximum atomic E-state index is 5.37. The molecule has 0 saturated heterocycles. The van der Waals surface area contributed by atoms with Gasteiger partial charge < -0.3 is 10.3 Å². The van der Waals surface area contributed by atoms with Gasteiger partial charge in [0.1, 0.15) is 16.6 Å². The topological polar surface area (TPSA) is 67.1 Å². The van der Waals surface area contributed by atoms with Gasteiger partial charge in [-0.05, 0) is 29.3 Å². The van der Waals surface area contributed by atoms with Crippen LogP contribution in [-0.4, -0.2) is 23.1 Å². The average Bonchev–Trinajstić information content (AvgIpc) is 2.29. The van der Waals surface area contributed by atoms with Crippen LogP contribution in [0.5, 0.6) is 0 Å². The molecule has 1 aromatic rings. The summed E-state index contributed by atoms with van der Waals surface area (Å²) in [5, 5.41) is 0. The third-order valence-electron chi connectivity index (χ3n) is 2.61. The highest BCUT2D eigenvalue weighted by Crippen LogP contribution is 2.29. The van der Waals surface area contributed by atoms with Crippen LogP contribution >= 0.6 is 15.9 Å². The van der Waals surface area contributed by atoms with Gasteiger partial charge in [-0.15, -0.1) is 0 Å². The fourth-order valence-electron chi connectivity index (χ4n) is 1.53. The number of nitrogens with one attached hydrogen (secondary N) is 1. The second kappa shape index (κ2) is 6.00. The van der Waals surface area contributed by atoms with Crippen molar-refractivity contribution >= 4 is 27.6 Å². The monoisotopic (exact) mass is 287 g/mol. The van der Waals surface area contributed by atoms with Crippen LogP contribution < -0.4 is 16.2 Å². The molecule has 0 aliphatic carbocycles. The van der Waals surface area contributed by atoms with Crippen molar-refractivity contribution in [2.75, 3.05) is 17.4 Å². The van der Waals surface area contributed by atoms with E-state index in [4.69, 9.17) is 5.84 Å². The molecular formula is C10H18BrN5. The van der Waals surface area contributed by atoms with Crippen molar-refractivity contribution in [3.8, 4) is 0 Å². The standard InChI is InChI=1S/C10H18BrN5/c1-4-5-7(2)16(3)10-8(11)9(15-12)13-6-14-10/h6-7H,4-5,12H2,1-3H3,(H,13,14,15). The SMILES string of the molecule is CCCC(C)N(C)c1ncnc(NN)c1Br. The van der Waals surface area contributed by atoms with Crippen LogP contribution in [0.4, 0.5) is 11.6 Å². The molecule has 1 heterocycles. The molecule has 1 atom stereocenters. The largest absolute Gasteiger partial charge is 0.356 e. The summed E-state index contributed by atoms with van der Waals surface area (Å²) in [6, 6.07) is 0.432. The number of nitrogen functional groups attached to an aromatic ring is 1. The highest BCUT2D eigenvalue weighted by Gasteiger charge is 2.15. The number of halogens is 1. The van der Waals surface area contributed by atoms with Crippen LogP contribution in [-0.2, 0) is 0 Å². The Kier molecular flexibility index (Phi) is 4.95. The summed E-state index contributed by atoms with van der Waals surface area (Å²) < 4.78 is 0.794. The molecule has 0 aliphatic heterocycles. The molecule has 0 spiro atoms. The van der Waals surface area contributed by atoms with Crippen LogP contribution in [0.2, 0.25) is 0 Å². The van der Waals surface area contributed by atoms with Crippen LogP contribution in [0.1, 0.15) is 26.7 Å². The first-order valence-corrected chi connectivity index (χ1v) is 6.11. The Bertz CT molecular complexity index is 344. The molecule has 0 amide bonds. The second-order valence-corrected chi connectivity index (χ2v) is 4.55. The van der Waals surface area contributed by atoms with Gasteiger partial charge in [0.25, 0.3) is 0 Å². The van der Waals surface area contributed by atoms with Gasteiger partial charge in [-0.2, -0.15) is 0 Å². The van der Waals surface area contributed by atoms with Crippen molar-refractivity contribution in [1.29, 1.82) is 0 Å². The minimum absolute atomic E-state index is 0.432. The van der Waals surface area contributed by atoms with E-state index in [1.807, 2.05) is 7.05 Å². The Hall–Kier alpha value is -0.880. The average molecular weight is 288 g/mol. The van der Waals surface area contributed by atoms with E-state index in [1.54, 1.807) is 0 Å². The molecule has 6 heteroatoms. The van der Waals surface area contributed by atoms with Crippen molar-refractivity contribution in [2.45, 2.75) is 32.7 Å². The minimum atomic E-state index is 0.432. The molecule has 1 rings (SSSR count). The van der Waals surface area contributed by atoms with Gasteiger partial charge in [-0.25, -0.2) is 15.8 Å². The summed E-state index contributed by atoms with van der Waals surface area (Å²) >= 11 is 3.45. The summed E-state index contributed by atoms with van der Waals surface area (Å²) in [5.74, 6) is 6.81. The first-order chi connectivity index (χ1) is 7.61. The van der Waals surface area contributed by atoms with Gasteiger partial charge in [-0.1, -0.05) is 13.3 Å². The number of nitrogens with two attached hydrogens (primary N) is 1. The maximum Gasteiger partial charge on any atom is 0.159 e. The van der Waals surface area contributed by atoms with Crippen molar-refractivity contribution < 1.29 is 0 Å². The van der Waals surface area contributed by atoms with Gasteiger partial charge in [0.15, 0.2) is 5.82 Å². The molecule has 0 fully saturated rings. The predicted octanol–water partition coefficient (Wildman–Crippen LogP) is 2.15. The lowest BCUT2D eigenvalue weighted by molar-refractivity contribution is 0.610. The smallest absolute Gasteiger partial charge is 0.159 e. The molecule has 1 aromatic heterocycles. The maximum absolute atomic E-state index is 5.37. The van der Waals surface area contributed by atoms with Crippen LogP contribution in [0.25, 0.3) is 0 Å². The Morgan fingerprint density at radius 1 is 1.56 bits per heavy atom. The highest BCUT2D eigenvalue weighted by molar-refractivity contribution is 9.10.